The van der Waals surface area contributed by atoms with Crippen LogP contribution in [-0.2, 0) is 33.3 Å². The zero-order valence-electron chi connectivity index (χ0n) is 16.9. The molecule has 166 valence electrons. The van der Waals surface area contributed by atoms with E-state index in [0.29, 0.717) is 4.90 Å². The first-order valence-electron chi connectivity index (χ1n) is 9.36. The summed E-state index contributed by atoms with van der Waals surface area (Å²) in [5, 5.41) is 0. The van der Waals surface area contributed by atoms with Crippen LogP contribution in [0, 0.1) is 0 Å². The van der Waals surface area contributed by atoms with Crippen LogP contribution in [0.1, 0.15) is 41.5 Å². The number of benzene rings is 1. The minimum Gasteiger partial charge on any atom is -0.463 e. The van der Waals surface area contributed by atoms with E-state index in [2.05, 4.69) is 0 Å². The molecule has 2 heterocycles. The number of amides is 2. The van der Waals surface area contributed by atoms with Gasteiger partial charge >= 0.3 is 17.9 Å². The summed E-state index contributed by atoms with van der Waals surface area (Å²) >= 11 is 0. The molecule has 1 aromatic rings. The summed E-state index contributed by atoms with van der Waals surface area (Å²) in [4.78, 5) is 61.0. The average Bonchev–Trinajstić information content (AvgIpc) is 2.93. The van der Waals surface area contributed by atoms with Crippen LogP contribution in [0.15, 0.2) is 24.3 Å². The first kappa shape index (κ1) is 22.3. The second-order valence-electron chi connectivity index (χ2n) is 6.99. The Morgan fingerprint density at radius 1 is 0.935 bits per heavy atom. The van der Waals surface area contributed by atoms with E-state index in [1.807, 2.05) is 0 Å². The van der Waals surface area contributed by atoms with Gasteiger partial charge in [-0.15, -0.1) is 0 Å². The number of hydrogen-bond donors (Lipinski definition) is 0. The van der Waals surface area contributed by atoms with Gasteiger partial charge in [-0.1, -0.05) is 12.1 Å². The molecule has 11 heteroatoms. The Morgan fingerprint density at radius 2 is 1.45 bits per heavy atom. The van der Waals surface area contributed by atoms with Crippen molar-refractivity contribution in [3.05, 3.63) is 35.4 Å². The van der Waals surface area contributed by atoms with Gasteiger partial charge in [0, 0.05) is 20.8 Å². The lowest BCUT2D eigenvalue weighted by Crippen LogP contribution is -2.66. The second-order valence-corrected chi connectivity index (χ2v) is 6.99. The maximum Gasteiger partial charge on any atom is 0.303 e. The van der Waals surface area contributed by atoms with Crippen molar-refractivity contribution >= 4 is 29.7 Å². The highest BCUT2D eigenvalue weighted by Crippen LogP contribution is 2.35. The van der Waals surface area contributed by atoms with E-state index in [9.17, 15) is 24.0 Å². The summed E-state index contributed by atoms with van der Waals surface area (Å²) in [6, 6.07) is 4.14. The van der Waals surface area contributed by atoms with Gasteiger partial charge in [-0.2, -0.15) is 0 Å². The van der Waals surface area contributed by atoms with E-state index < -0.39 is 67.0 Å². The molecular weight excluding hydrogens is 417 g/mol. The third-order valence-corrected chi connectivity index (χ3v) is 4.78. The molecule has 0 unspecified atom stereocenters. The van der Waals surface area contributed by atoms with Crippen LogP contribution >= 0.6 is 0 Å². The molecule has 0 saturated carbocycles. The topological polar surface area (TPSA) is 126 Å². The zero-order chi connectivity index (χ0) is 22.9. The van der Waals surface area contributed by atoms with Gasteiger partial charge < -0.3 is 18.9 Å². The number of nitrogens with zero attached hydrogens (tertiary/aromatic N) is 1. The maximum atomic E-state index is 15.2. The predicted molar refractivity (Wildman–Crippen MR) is 98.2 cm³/mol. The second kappa shape index (κ2) is 8.80. The molecule has 0 N–H and O–H groups in total. The Morgan fingerprint density at radius 3 is 1.94 bits per heavy atom. The third-order valence-electron chi connectivity index (χ3n) is 4.78. The largest absolute Gasteiger partial charge is 0.463 e. The molecule has 3 rings (SSSR count). The van der Waals surface area contributed by atoms with Crippen molar-refractivity contribution in [1.29, 1.82) is 0 Å². The standard InChI is InChI=1S/C20H20FNO9/c1-9(23)28-8-14-16(29-10(2)24)17(30-11(3)25)15(18(21)31-14)22-19(26)12-6-4-5-7-13(12)20(22)27/h4-7,14-18H,8H2,1-3H3/t14-,15-,16-,17-,18+/m1/s1. The fraction of sp³-hybridized carbons (Fsp3) is 0.450. The number of carbonyl (C=O) groups is 5. The molecule has 1 saturated heterocycles. The Labute approximate surface area is 176 Å². The molecule has 2 aliphatic rings. The van der Waals surface area contributed by atoms with Crippen molar-refractivity contribution in [2.75, 3.05) is 6.61 Å². The van der Waals surface area contributed by atoms with E-state index in [0.717, 1.165) is 20.8 Å². The van der Waals surface area contributed by atoms with Crippen molar-refractivity contribution in [2.45, 2.75) is 51.5 Å². The minimum absolute atomic E-state index is 0.0485. The highest BCUT2D eigenvalue weighted by Gasteiger charge is 2.57. The summed E-state index contributed by atoms with van der Waals surface area (Å²) in [5.74, 6) is -4.02. The Bertz CT molecular complexity index is 898. The van der Waals surface area contributed by atoms with Crippen LogP contribution in [0.25, 0.3) is 0 Å². The van der Waals surface area contributed by atoms with E-state index in [1.54, 1.807) is 0 Å². The molecule has 1 aromatic carbocycles. The maximum absolute atomic E-state index is 15.2. The monoisotopic (exact) mass is 437 g/mol. The number of alkyl halides is 1. The Hall–Kier alpha value is -3.34. The number of carbonyl (C=O) groups excluding carboxylic acids is 5. The van der Waals surface area contributed by atoms with Crippen molar-refractivity contribution in [1.82, 2.24) is 4.90 Å². The molecule has 0 spiro atoms. The number of hydrogen-bond acceptors (Lipinski definition) is 9. The smallest absolute Gasteiger partial charge is 0.303 e. The molecule has 1 fully saturated rings. The number of halogens is 1. The summed E-state index contributed by atoms with van der Waals surface area (Å²) in [5.41, 5.74) is 0.0969. The molecule has 2 aliphatic heterocycles. The molecule has 0 aliphatic carbocycles. The van der Waals surface area contributed by atoms with Crippen LogP contribution in [0.5, 0.6) is 0 Å². The fourth-order valence-corrected chi connectivity index (χ4v) is 3.62. The van der Waals surface area contributed by atoms with Crippen molar-refractivity contribution in [3.63, 3.8) is 0 Å². The summed E-state index contributed by atoms with van der Waals surface area (Å²) in [6.07, 6.45) is -6.73. The van der Waals surface area contributed by atoms with E-state index >= 15 is 4.39 Å². The molecule has 10 nitrogen and oxygen atoms in total. The van der Waals surface area contributed by atoms with E-state index in [-0.39, 0.29) is 11.1 Å². The summed E-state index contributed by atoms with van der Waals surface area (Å²) in [6.45, 7) is 2.70. The van der Waals surface area contributed by atoms with Gasteiger partial charge in [-0.3, -0.25) is 28.9 Å². The lowest BCUT2D eigenvalue weighted by Gasteiger charge is -2.44. The van der Waals surface area contributed by atoms with Crippen LogP contribution < -0.4 is 0 Å². The first-order valence-corrected chi connectivity index (χ1v) is 9.36. The number of imide groups is 1. The number of esters is 3. The normalized spacial score (nSPS) is 27.5. The molecule has 0 bridgehead atoms. The highest BCUT2D eigenvalue weighted by atomic mass is 19.1. The first-order chi connectivity index (χ1) is 14.6. The zero-order valence-corrected chi connectivity index (χ0v) is 16.9. The van der Waals surface area contributed by atoms with Gasteiger partial charge in [0.25, 0.3) is 11.8 Å². The highest BCUT2D eigenvalue weighted by molar-refractivity contribution is 6.21. The lowest BCUT2D eigenvalue weighted by molar-refractivity contribution is -0.253. The van der Waals surface area contributed by atoms with Gasteiger partial charge in [-0.05, 0) is 12.1 Å². The minimum atomic E-state index is -2.32. The Kier molecular flexibility index (Phi) is 6.34. The fourth-order valence-electron chi connectivity index (χ4n) is 3.62. The molecule has 0 aromatic heterocycles. The summed E-state index contributed by atoms with van der Waals surface area (Å²) in [7, 11) is 0. The van der Waals surface area contributed by atoms with Gasteiger partial charge in [0.1, 0.15) is 18.8 Å². The van der Waals surface area contributed by atoms with E-state index in [4.69, 9.17) is 18.9 Å². The van der Waals surface area contributed by atoms with Gasteiger partial charge in [0.2, 0.25) is 6.36 Å². The molecule has 31 heavy (non-hydrogen) atoms. The number of fused-ring (bicyclic) bond motifs is 1. The molecule has 5 atom stereocenters. The third kappa shape index (κ3) is 4.41. The van der Waals surface area contributed by atoms with Gasteiger partial charge in [0.15, 0.2) is 12.2 Å². The van der Waals surface area contributed by atoms with Crippen LogP contribution in [0.3, 0.4) is 0 Å². The van der Waals surface area contributed by atoms with Crippen LogP contribution in [0.2, 0.25) is 0 Å². The van der Waals surface area contributed by atoms with Crippen molar-refractivity contribution < 1.29 is 47.3 Å². The molecular formula is C20H20FNO9. The van der Waals surface area contributed by atoms with Gasteiger partial charge in [0.05, 0.1) is 11.1 Å². The van der Waals surface area contributed by atoms with Crippen LogP contribution in [-0.4, -0.2) is 71.9 Å². The number of rotatable bonds is 5. The SMILES string of the molecule is CC(=O)OC[C@H]1O[C@H](F)[C@H](N2C(=O)c3ccccc3C2=O)[C@@H](OC(C)=O)[C@@H]1OC(C)=O. The Balaban J connectivity index is 2.01. The number of ether oxygens (including phenoxy) is 4. The lowest BCUT2D eigenvalue weighted by atomic mass is 9.95. The quantitative estimate of drug-likeness (QED) is 0.373. The summed E-state index contributed by atoms with van der Waals surface area (Å²) < 4.78 is 35.7. The average molecular weight is 437 g/mol. The van der Waals surface area contributed by atoms with Crippen molar-refractivity contribution in [3.8, 4) is 0 Å². The molecule has 2 amide bonds. The van der Waals surface area contributed by atoms with Crippen LogP contribution in [0.4, 0.5) is 4.39 Å². The van der Waals surface area contributed by atoms with Crippen molar-refractivity contribution in [2.24, 2.45) is 0 Å². The molecule has 0 radical (unpaired) electrons. The van der Waals surface area contributed by atoms with E-state index in [1.165, 1.54) is 24.3 Å². The predicted octanol–water partition coefficient (Wildman–Crippen LogP) is 0.772. The van der Waals surface area contributed by atoms with Gasteiger partial charge in [-0.25, -0.2) is 4.39 Å².